The summed E-state index contributed by atoms with van der Waals surface area (Å²) in [6.07, 6.45) is 0.937. The molecule has 0 spiro atoms. The van der Waals surface area contributed by atoms with Crippen LogP contribution in [-0.2, 0) is 0 Å². The summed E-state index contributed by atoms with van der Waals surface area (Å²) in [5.74, 6) is 0.902. The number of fused-ring (bicyclic) bond motifs is 1. The molecule has 0 aliphatic carbocycles. The fourth-order valence-corrected chi connectivity index (χ4v) is 2.68. The van der Waals surface area contributed by atoms with E-state index in [0.717, 1.165) is 23.1 Å². The first kappa shape index (κ1) is 14.0. The number of aryl methyl sites for hydroxylation is 1. The number of hydrogen-bond acceptors (Lipinski definition) is 4. The zero-order valence-electron chi connectivity index (χ0n) is 12.1. The lowest BCUT2D eigenvalue weighted by molar-refractivity contribution is 0.130. The van der Waals surface area contributed by atoms with Crippen LogP contribution < -0.4 is 0 Å². The van der Waals surface area contributed by atoms with Gasteiger partial charge in [0.05, 0.1) is 0 Å². The average molecular weight is 262 g/mol. The fraction of sp³-hybridized carbons (Fsp3) is 0.533. The van der Waals surface area contributed by atoms with Crippen LogP contribution in [0, 0.1) is 12.8 Å². The van der Waals surface area contributed by atoms with Gasteiger partial charge in [-0.1, -0.05) is 13.0 Å². The van der Waals surface area contributed by atoms with Crippen LogP contribution in [0.4, 0.5) is 0 Å². The summed E-state index contributed by atoms with van der Waals surface area (Å²) in [5.41, 5.74) is 2.86. The molecule has 19 heavy (non-hydrogen) atoms. The lowest BCUT2D eigenvalue weighted by Gasteiger charge is -2.31. The van der Waals surface area contributed by atoms with Gasteiger partial charge in [-0.25, -0.2) is 4.98 Å². The molecule has 4 heteroatoms. The van der Waals surface area contributed by atoms with Crippen LogP contribution in [0.2, 0.25) is 0 Å². The van der Waals surface area contributed by atoms with Crippen molar-refractivity contribution in [2.24, 2.45) is 5.92 Å². The first-order valence-corrected chi connectivity index (χ1v) is 6.71. The number of aliphatic hydroxyl groups is 1. The molecule has 2 rings (SSSR count). The Bertz CT molecular complexity index is 544. The Morgan fingerprint density at radius 1 is 1.37 bits per heavy atom. The summed E-state index contributed by atoms with van der Waals surface area (Å²) in [5, 5.41) is 9.56. The molecule has 0 radical (unpaired) electrons. The quantitative estimate of drug-likeness (QED) is 0.900. The predicted molar refractivity (Wildman–Crippen MR) is 76.0 cm³/mol. The van der Waals surface area contributed by atoms with E-state index in [0.29, 0.717) is 5.89 Å². The molecule has 0 saturated carbocycles. The van der Waals surface area contributed by atoms with Gasteiger partial charge < -0.3 is 14.4 Å². The molecule has 0 bridgehead atoms. The summed E-state index contributed by atoms with van der Waals surface area (Å²) in [7, 11) is 4.08. The highest BCUT2D eigenvalue weighted by atomic mass is 16.3. The Labute approximate surface area is 114 Å². The van der Waals surface area contributed by atoms with Crippen molar-refractivity contribution in [3.8, 4) is 0 Å². The fourth-order valence-electron chi connectivity index (χ4n) is 2.68. The molecule has 104 valence electrons. The standard InChI is InChI=1S/C15H22N2O2/c1-5-11(9-18)15(17(3)4)12-6-7-13-14(8-12)19-10(2)16-13/h6-8,11,15,18H,5,9H2,1-4H3. The van der Waals surface area contributed by atoms with Crippen molar-refractivity contribution in [3.63, 3.8) is 0 Å². The second kappa shape index (κ2) is 5.72. The Morgan fingerprint density at radius 2 is 2.11 bits per heavy atom. The van der Waals surface area contributed by atoms with Crippen molar-refractivity contribution in [2.75, 3.05) is 20.7 Å². The Hall–Kier alpha value is -1.39. The molecule has 1 N–H and O–H groups in total. The minimum atomic E-state index is 0.185. The maximum absolute atomic E-state index is 9.56. The SMILES string of the molecule is CCC(CO)C(c1ccc2nc(C)oc2c1)N(C)C. The first-order valence-electron chi connectivity index (χ1n) is 6.71. The lowest BCUT2D eigenvalue weighted by atomic mass is 9.90. The van der Waals surface area contributed by atoms with Gasteiger partial charge in [-0.3, -0.25) is 0 Å². The summed E-state index contributed by atoms with van der Waals surface area (Å²) >= 11 is 0. The third-order valence-corrected chi connectivity index (χ3v) is 3.62. The molecule has 0 fully saturated rings. The molecule has 0 saturated heterocycles. The number of rotatable bonds is 5. The van der Waals surface area contributed by atoms with Gasteiger partial charge in [0.1, 0.15) is 5.52 Å². The van der Waals surface area contributed by atoms with Crippen LogP contribution in [0.1, 0.15) is 30.8 Å². The topological polar surface area (TPSA) is 49.5 Å². The second-order valence-electron chi connectivity index (χ2n) is 5.22. The van der Waals surface area contributed by atoms with Crippen LogP contribution in [0.3, 0.4) is 0 Å². The lowest BCUT2D eigenvalue weighted by Crippen LogP contribution is -2.29. The van der Waals surface area contributed by atoms with Crippen molar-refractivity contribution >= 4 is 11.1 Å². The summed E-state index contributed by atoms with van der Waals surface area (Å²) < 4.78 is 5.59. The molecular formula is C15H22N2O2. The Morgan fingerprint density at radius 3 is 2.68 bits per heavy atom. The van der Waals surface area contributed by atoms with Gasteiger partial charge in [0.15, 0.2) is 11.5 Å². The number of hydrogen-bond donors (Lipinski definition) is 1. The molecule has 2 aromatic rings. The maximum atomic E-state index is 9.56. The molecule has 2 unspecified atom stereocenters. The van der Waals surface area contributed by atoms with Crippen LogP contribution >= 0.6 is 0 Å². The molecular weight excluding hydrogens is 240 g/mol. The van der Waals surface area contributed by atoms with Gasteiger partial charge in [0.2, 0.25) is 0 Å². The second-order valence-corrected chi connectivity index (χ2v) is 5.22. The number of aliphatic hydroxyl groups excluding tert-OH is 1. The van der Waals surface area contributed by atoms with Crippen molar-refractivity contribution < 1.29 is 9.52 Å². The van der Waals surface area contributed by atoms with Crippen LogP contribution in [0.15, 0.2) is 22.6 Å². The van der Waals surface area contributed by atoms with Gasteiger partial charge >= 0.3 is 0 Å². The minimum absolute atomic E-state index is 0.185. The predicted octanol–water partition coefficient (Wildman–Crippen LogP) is 2.76. The van der Waals surface area contributed by atoms with Gasteiger partial charge in [0.25, 0.3) is 0 Å². The molecule has 4 nitrogen and oxygen atoms in total. The monoisotopic (exact) mass is 262 g/mol. The Balaban J connectivity index is 2.43. The van der Waals surface area contributed by atoms with Crippen molar-refractivity contribution in [3.05, 3.63) is 29.7 Å². The van der Waals surface area contributed by atoms with E-state index < -0.39 is 0 Å². The summed E-state index contributed by atoms with van der Waals surface area (Å²) in [4.78, 5) is 6.46. The number of nitrogens with zero attached hydrogens (tertiary/aromatic N) is 2. The van der Waals surface area contributed by atoms with Crippen LogP contribution in [-0.4, -0.2) is 35.7 Å². The van der Waals surface area contributed by atoms with E-state index >= 15 is 0 Å². The van der Waals surface area contributed by atoms with Crippen LogP contribution in [0.5, 0.6) is 0 Å². The molecule has 0 amide bonds. The van der Waals surface area contributed by atoms with Crippen molar-refractivity contribution in [1.29, 1.82) is 0 Å². The van der Waals surface area contributed by atoms with Gasteiger partial charge in [-0.15, -0.1) is 0 Å². The molecule has 1 heterocycles. The van der Waals surface area contributed by atoms with Gasteiger partial charge in [0, 0.05) is 25.5 Å². The van der Waals surface area contributed by atoms with Gasteiger partial charge in [-0.2, -0.15) is 0 Å². The minimum Gasteiger partial charge on any atom is -0.441 e. The van der Waals surface area contributed by atoms with E-state index in [2.05, 4.69) is 22.9 Å². The third-order valence-electron chi connectivity index (χ3n) is 3.62. The number of oxazole rings is 1. The highest BCUT2D eigenvalue weighted by Gasteiger charge is 2.24. The summed E-state index contributed by atoms with van der Waals surface area (Å²) in [6.45, 7) is 4.15. The molecule has 0 aliphatic rings. The zero-order valence-corrected chi connectivity index (χ0v) is 12.1. The smallest absolute Gasteiger partial charge is 0.192 e. The van der Waals surface area contributed by atoms with Crippen molar-refractivity contribution in [1.82, 2.24) is 9.88 Å². The van der Waals surface area contributed by atoms with E-state index in [1.54, 1.807) is 0 Å². The molecule has 0 aliphatic heterocycles. The largest absolute Gasteiger partial charge is 0.441 e. The van der Waals surface area contributed by atoms with Crippen molar-refractivity contribution in [2.45, 2.75) is 26.3 Å². The van der Waals surface area contributed by atoms with E-state index in [1.807, 2.05) is 33.2 Å². The molecule has 1 aromatic heterocycles. The third kappa shape index (κ3) is 2.80. The van der Waals surface area contributed by atoms with Crippen LogP contribution in [0.25, 0.3) is 11.1 Å². The zero-order chi connectivity index (χ0) is 14.0. The Kier molecular flexibility index (Phi) is 4.22. The number of benzene rings is 1. The average Bonchev–Trinajstić information content (AvgIpc) is 2.74. The first-order chi connectivity index (χ1) is 9.06. The van der Waals surface area contributed by atoms with E-state index in [9.17, 15) is 5.11 Å². The highest BCUT2D eigenvalue weighted by Crippen LogP contribution is 2.31. The normalized spacial score (nSPS) is 15.1. The van der Waals surface area contributed by atoms with E-state index in [4.69, 9.17) is 4.42 Å². The van der Waals surface area contributed by atoms with E-state index in [1.165, 1.54) is 0 Å². The van der Waals surface area contributed by atoms with E-state index in [-0.39, 0.29) is 18.6 Å². The summed E-state index contributed by atoms with van der Waals surface area (Å²) in [6, 6.07) is 6.29. The molecule has 2 atom stereocenters. The molecule has 1 aromatic carbocycles. The maximum Gasteiger partial charge on any atom is 0.192 e. The number of aromatic nitrogens is 1. The highest BCUT2D eigenvalue weighted by molar-refractivity contribution is 5.73. The van der Waals surface area contributed by atoms with Gasteiger partial charge in [-0.05, 0) is 38.2 Å².